The minimum atomic E-state index is 0.0112. The first-order valence-corrected chi connectivity index (χ1v) is 5.87. The number of ether oxygens (including phenoxy) is 2. The third kappa shape index (κ3) is 3.41. The van der Waals surface area contributed by atoms with Gasteiger partial charge in [-0.05, 0) is 26.8 Å². The van der Waals surface area contributed by atoms with Crippen LogP contribution in [-0.2, 0) is 9.47 Å². The van der Waals surface area contributed by atoms with E-state index in [2.05, 4.69) is 5.32 Å². The number of nitrogens with one attached hydrogen (secondary N) is 1. The fraction of sp³-hybridized carbons (Fsp3) is 1.00. The van der Waals surface area contributed by atoms with Crippen LogP contribution >= 0.6 is 0 Å². The number of nitrogens with two attached hydrogens (primary N) is 1. The highest BCUT2D eigenvalue weighted by molar-refractivity contribution is 4.94. The average Bonchev–Trinajstić information content (AvgIpc) is 2.27. The van der Waals surface area contributed by atoms with Gasteiger partial charge in [-0.25, -0.2) is 0 Å². The fourth-order valence-electron chi connectivity index (χ4n) is 2.01. The third-order valence-electron chi connectivity index (χ3n) is 3.14. The molecule has 90 valence electrons. The predicted molar refractivity (Wildman–Crippen MR) is 60.9 cm³/mol. The highest BCUT2D eigenvalue weighted by Crippen LogP contribution is 2.28. The van der Waals surface area contributed by atoms with Crippen molar-refractivity contribution in [3.05, 3.63) is 0 Å². The molecule has 0 spiro atoms. The van der Waals surface area contributed by atoms with E-state index in [9.17, 15) is 0 Å². The van der Waals surface area contributed by atoms with Crippen LogP contribution in [0.4, 0.5) is 0 Å². The van der Waals surface area contributed by atoms with E-state index in [0.29, 0.717) is 13.2 Å². The number of hydrogen-bond acceptors (Lipinski definition) is 4. The summed E-state index contributed by atoms with van der Waals surface area (Å²) in [6.07, 6.45) is 1.04. The number of piperidine rings is 1. The highest BCUT2D eigenvalue weighted by Gasteiger charge is 2.39. The number of hydrogen-bond donors (Lipinski definition) is 2. The summed E-state index contributed by atoms with van der Waals surface area (Å²) in [5, 5.41) is 3.31. The molecule has 1 atom stereocenters. The van der Waals surface area contributed by atoms with Crippen LogP contribution in [0.3, 0.4) is 0 Å². The minimum Gasteiger partial charge on any atom is -0.381 e. The van der Waals surface area contributed by atoms with E-state index in [0.717, 1.165) is 32.7 Å². The van der Waals surface area contributed by atoms with Gasteiger partial charge >= 0.3 is 0 Å². The average molecular weight is 216 g/mol. The molecule has 0 bridgehead atoms. The second kappa shape index (κ2) is 6.43. The lowest BCUT2D eigenvalue weighted by Crippen LogP contribution is -2.58. The second-order valence-corrected chi connectivity index (χ2v) is 4.20. The van der Waals surface area contributed by atoms with Crippen LogP contribution in [0.25, 0.3) is 0 Å². The van der Waals surface area contributed by atoms with Crippen LogP contribution in [0, 0.1) is 5.41 Å². The molecular weight excluding hydrogens is 192 g/mol. The maximum absolute atomic E-state index is 6.17. The lowest BCUT2D eigenvalue weighted by atomic mass is 9.76. The van der Waals surface area contributed by atoms with Crippen molar-refractivity contribution in [2.45, 2.75) is 26.3 Å². The van der Waals surface area contributed by atoms with E-state index >= 15 is 0 Å². The van der Waals surface area contributed by atoms with E-state index in [-0.39, 0.29) is 11.5 Å². The summed E-state index contributed by atoms with van der Waals surface area (Å²) in [5.74, 6) is 0. The molecule has 0 aromatic heterocycles. The van der Waals surface area contributed by atoms with Gasteiger partial charge in [-0.15, -0.1) is 0 Å². The number of rotatable bonds is 6. The van der Waals surface area contributed by atoms with Crippen LogP contribution in [0.15, 0.2) is 0 Å². The van der Waals surface area contributed by atoms with Crippen LogP contribution in [0.5, 0.6) is 0 Å². The first-order valence-electron chi connectivity index (χ1n) is 5.87. The van der Waals surface area contributed by atoms with Gasteiger partial charge in [0.1, 0.15) is 0 Å². The first kappa shape index (κ1) is 12.9. The molecule has 0 aromatic rings. The summed E-state index contributed by atoms with van der Waals surface area (Å²) < 4.78 is 11.1. The Morgan fingerprint density at radius 2 is 1.87 bits per heavy atom. The van der Waals surface area contributed by atoms with Gasteiger partial charge in [0.05, 0.1) is 13.2 Å². The van der Waals surface area contributed by atoms with Gasteiger partial charge in [0.2, 0.25) is 0 Å². The van der Waals surface area contributed by atoms with Gasteiger partial charge in [-0.2, -0.15) is 0 Å². The van der Waals surface area contributed by atoms with Crippen molar-refractivity contribution in [1.82, 2.24) is 5.32 Å². The van der Waals surface area contributed by atoms with Crippen LogP contribution in [0.1, 0.15) is 20.3 Å². The normalized spacial score (nSPS) is 25.4. The van der Waals surface area contributed by atoms with Gasteiger partial charge < -0.3 is 20.5 Å². The maximum atomic E-state index is 6.17. The summed E-state index contributed by atoms with van der Waals surface area (Å²) in [6.45, 7) is 8.82. The lowest BCUT2D eigenvalue weighted by Gasteiger charge is -2.42. The lowest BCUT2D eigenvalue weighted by molar-refractivity contribution is -0.0435. The van der Waals surface area contributed by atoms with Crippen LogP contribution in [0.2, 0.25) is 0 Å². The molecule has 1 rings (SSSR count). The van der Waals surface area contributed by atoms with Crippen LogP contribution in [-0.4, -0.2) is 45.6 Å². The molecular formula is C11H24N2O2. The van der Waals surface area contributed by atoms with Crippen molar-refractivity contribution in [3.63, 3.8) is 0 Å². The minimum absolute atomic E-state index is 0.0112. The van der Waals surface area contributed by atoms with Gasteiger partial charge in [-0.3, -0.25) is 0 Å². The van der Waals surface area contributed by atoms with Gasteiger partial charge in [0.15, 0.2) is 0 Å². The van der Waals surface area contributed by atoms with Gasteiger partial charge in [0, 0.05) is 31.2 Å². The molecule has 4 nitrogen and oxygen atoms in total. The highest BCUT2D eigenvalue weighted by atomic mass is 16.5. The Morgan fingerprint density at radius 3 is 2.33 bits per heavy atom. The molecule has 0 aromatic carbocycles. The fourth-order valence-corrected chi connectivity index (χ4v) is 2.01. The topological polar surface area (TPSA) is 56.5 Å². The first-order chi connectivity index (χ1) is 7.25. The predicted octanol–water partition coefficient (Wildman–Crippen LogP) is 0.366. The zero-order valence-corrected chi connectivity index (χ0v) is 9.92. The molecule has 1 heterocycles. The monoisotopic (exact) mass is 216 g/mol. The Bertz CT molecular complexity index is 168. The van der Waals surface area contributed by atoms with Crippen molar-refractivity contribution in [1.29, 1.82) is 0 Å². The third-order valence-corrected chi connectivity index (χ3v) is 3.14. The van der Waals surface area contributed by atoms with Crippen LogP contribution < -0.4 is 11.1 Å². The molecule has 1 aliphatic heterocycles. The molecule has 0 radical (unpaired) electrons. The quantitative estimate of drug-likeness (QED) is 0.673. The smallest absolute Gasteiger partial charge is 0.0560 e. The van der Waals surface area contributed by atoms with Crippen molar-refractivity contribution in [2.24, 2.45) is 11.1 Å². The van der Waals surface area contributed by atoms with E-state index in [1.165, 1.54) is 0 Å². The summed E-state index contributed by atoms with van der Waals surface area (Å²) in [7, 11) is 0. The summed E-state index contributed by atoms with van der Waals surface area (Å²) in [5.41, 5.74) is 6.18. The zero-order chi connectivity index (χ0) is 11.1. The van der Waals surface area contributed by atoms with Crippen molar-refractivity contribution in [3.8, 4) is 0 Å². The van der Waals surface area contributed by atoms with Gasteiger partial charge in [0.25, 0.3) is 0 Å². The Morgan fingerprint density at radius 1 is 1.27 bits per heavy atom. The Balaban J connectivity index is 2.55. The summed E-state index contributed by atoms with van der Waals surface area (Å²) in [6, 6.07) is 0.129. The molecule has 4 heteroatoms. The van der Waals surface area contributed by atoms with E-state index in [1.54, 1.807) is 0 Å². The zero-order valence-electron chi connectivity index (χ0n) is 9.92. The van der Waals surface area contributed by atoms with E-state index < -0.39 is 0 Å². The Kier molecular flexibility index (Phi) is 5.53. The molecule has 1 aliphatic rings. The van der Waals surface area contributed by atoms with E-state index in [4.69, 9.17) is 15.2 Å². The molecule has 0 amide bonds. The van der Waals surface area contributed by atoms with E-state index in [1.807, 2.05) is 13.8 Å². The molecule has 1 saturated heterocycles. The molecule has 0 aliphatic carbocycles. The molecule has 0 saturated carbocycles. The SMILES string of the molecule is CCOCC1(COCC)CCNCC1N. The standard InChI is InChI=1S/C11H24N2O2/c1-3-14-8-11(9-15-4-2)5-6-13-7-10(11)12/h10,13H,3-9,12H2,1-2H3. The molecule has 1 fully saturated rings. The molecule has 15 heavy (non-hydrogen) atoms. The van der Waals surface area contributed by atoms with Crippen molar-refractivity contribution in [2.75, 3.05) is 39.5 Å². The van der Waals surface area contributed by atoms with Crippen molar-refractivity contribution >= 4 is 0 Å². The Labute approximate surface area is 92.5 Å². The molecule has 1 unspecified atom stereocenters. The summed E-state index contributed by atoms with van der Waals surface area (Å²) in [4.78, 5) is 0. The summed E-state index contributed by atoms with van der Waals surface area (Å²) >= 11 is 0. The molecule has 3 N–H and O–H groups in total. The van der Waals surface area contributed by atoms with Crippen molar-refractivity contribution < 1.29 is 9.47 Å². The second-order valence-electron chi connectivity index (χ2n) is 4.20. The Hall–Kier alpha value is -0.160. The maximum Gasteiger partial charge on any atom is 0.0560 e. The largest absolute Gasteiger partial charge is 0.381 e. The van der Waals surface area contributed by atoms with Gasteiger partial charge in [-0.1, -0.05) is 0 Å².